The molecular formula is C21H27N3O. The lowest BCUT2D eigenvalue weighted by Crippen LogP contribution is -2.25. The van der Waals surface area contributed by atoms with Gasteiger partial charge < -0.3 is 5.73 Å². The summed E-state index contributed by atoms with van der Waals surface area (Å²) in [6.07, 6.45) is 5.67. The average molecular weight is 337 g/mol. The molecule has 1 aromatic carbocycles. The molecule has 1 aromatic heterocycles. The minimum absolute atomic E-state index is 0.268. The van der Waals surface area contributed by atoms with Crippen molar-refractivity contribution in [1.29, 1.82) is 0 Å². The Labute approximate surface area is 150 Å². The molecule has 1 fully saturated rings. The number of aryl methyl sites for hydroxylation is 2. The molecule has 4 heteroatoms. The van der Waals surface area contributed by atoms with Crippen LogP contribution in [0.15, 0.2) is 48.5 Å². The van der Waals surface area contributed by atoms with E-state index in [1.54, 1.807) is 0 Å². The van der Waals surface area contributed by atoms with E-state index >= 15 is 0 Å². The molecule has 0 radical (unpaired) electrons. The van der Waals surface area contributed by atoms with Crippen LogP contribution in [0.1, 0.15) is 48.7 Å². The van der Waals surface area contributed by atoms with Crippen LogP contribution in [0.4, 0.5) is 0 Å². The van der Waals surface area contributed by atoms with E-state index in [9.17, 15) is 4.79 Å². The Kier molecular flexibility index (Phi) is 6.18. The molecule has 0 aliphatic carbocycles. The van der Waals surface area contributed by atoms with Gasteiger partial charge in [0.2, 0.25) is 5.91 Å². The maximum Gasteiger partial charge on any atom is 0.217 e. The van der Waals surface area contributed by atoms with Crippen LogP contribution in [0.2, 0.25) is 0 Å². The summed E-state index contributed by atoms with van der Waals surface area (Å²) in [5.74, 6) is -0.268. The van der Waals surface area contributed by atoms with Crippen molar-refractivity contribution in [2.45, 2.75) is 44.6 Å². The molecule has 1 aliphatic rings. The number of carbonyl (C=O) groups excluding carboxylic acids is 1. The number of benzene rings is 1. The van der Waals surface area contributed by atoms with Gasteiger partial charge in [-0.3, -0.25) is 14.7 Å². The zero-order valence-corrected chi connectivity index (χ0v) is 14.7. The maximum atomic E-state index is 11.0. The van der Waals surface area contributed by atoms with Gasteiger partial charge >= 0.3 is 0 Å². The van der Waals surface area contributed by atoms with Crippen molar-refractivity contribution < 1.29 is 4.79 Å². The number of nitrogens with two attached hydrogens (primary N) is 1. The smallest absolute Gasteiger partial charge is 0.217 e. The van der Waals surface area contributed by atoms with E-state index in [0.717, 1.165) is 37.3 Å². The van der Waals surface area contributed by atoms with Crippen LogP contribution < -0.4 is 5.73 Å². The zero-order valence-electron chi connectivity index (χ0n) is 14.7. The number of carbonyl (C=O) groups is 1. The zero-order chi connectivity index (χ0) is 17.5. The first-order valence-electron chi connectivity index (χ1n) is 9.24. The Hall–Kier alpha value is -2.20. The van der Waals surface area contributed by atoms with E-state index in [1.807, 2.05) is 6.07 Å². The molecule has 132 valence electrons. The molecule has 2 aromatic rings. The summed E-state index contributed by atoms with van der Waals surface area (Å²) in [6, 6.07) is 17.2. The van der Waals surface area contributed by atoms with Crippen molar-refractivity contribution in [1.82, 2.24) is 9.88 Å². The van der Waals surface area contributed by atoms with Crippen LogP contribution in [0.25, 0.3) is 0 Å². The summed E-state index contributed by atoms with van der Waals surface area (Å²) in [7, 11) is 0. The minimum atomic E-state index is -0.268. The third-order valence-corrected chi connectivity index (χ3v) is 4.91. The third-order valence-electron chi connectivity index (χ3n) is 4.91. The first-order chi connectivity index (χ1) is 12.2. The van der Waals surface area contributed by atoms with Gasteiger partial charge in [-0.2, -0.15) is 0 Å². The Bertz CT molecular complexity index is 687. The fraction of sp³-hybridized carbons (Fsp3) is 0.429. The van der Waals surface area contributed by atoms with Gasteiger partial charge in [-0.05, 0) is 62.9 Å². The summed E-state index contributed by atoms with van der Waals surface area (Å²) in [4.78, 5) is 18.3. The molecule has 0 bridgehead atoms. The molecule has 2 N–H and O–H groups in total. The number of primary amides is 1. The van der Waals surface area contributed by atoms with Crippen LogP contribution in [0.5, 0.6) is 0 Å². The second-order valence-corrected chi connectivity index (χ2v) is 6.80. The molecule has 0 saturated carbocycles. The molecule has 4 nitrogen and oxygen atoms in total. The van der Waals surface area contributed by atoms with Gasteiger partial charge in [-0.1, -0.05) is 36.4 Å². The Morgan fingerprint density at radius 1 is 1.12 bits per heavy atom. The molecule has 0 unspecified atom stereocenters. The summed E-state index contributed by atoms with van der Waals surface area (Å²) in [5.41, 5.74) is 8.76. The highest BCUT2D eigenvalue weighted by Crippen LogP contribution is 2.31. The van der Waals surface area contributed by atoms with Crippen LogP contribution in [-0.2, 0) is 17.6 Å². The van der Waals surface area contributed by atoms with Crippen molar-refractivity contribution in [2.75, 3.05) is 13.1 Å². The fourth-order valence-corrected chi connectivity index (χ4v) is 3.63. The van der Waals surface area contributed by atoms with Crippen LogP contribution >= 0.6 is 0 Å². The minimum Gasteiger partial charge on any atom is -0.370 e. The number of aromatic nitrogens is 1. The molecule has 1 atom stereocenters. The van der Waals surface area contributed by atoms with Gasteiger partial charge in [0.05, 0.1) is 11.7 Å². The Balaban J connectivity index is 1.57. The van der Waals surface area contributed by atoms with Gasteiger partial charge in [0.25, 0.3) is 0 Å². The summed E-state index contributed by atoms with van der Waals surface area (Å²) < 4.78 is 0. The summed E-state index contributed by atoms with van der Waals surface area (Å²) >= 11 is 0. The van der Waals surface area contributed by atoms with E-state index < -0.39 is 0 Å². The number of likely N-dealkylation sites (tertiary alicyclic amines) is 1. The molecule has 2 heterocycles. The Morgan fingerprint density at radius 2 is 1.96 bits per heavy atom. The van der Waals surface area contributed by atoms with Crippen molar-refractivity contribution in [2.24, 2.45) is 5.73 Å². The SMILES string of the molecule is NC(=O)CCc1cccc([C@H]2CCCN2CCCc2ccccc2)n1. The highest BCUT2D eigenvalue weighted by atomic mass is 16.1. The number of nitrogens with zero attached hydrogens (tertiary/aromatic N) is 2. The number of hydrogen-bond acceptors (Lipinski definition) is 3. The van der Waals surface area contributed by atoms with E-state index in [1.165, 1.54) is 18.4 Å². The first kappa shape index (κ1) is 17.6. The van der Waals surface area contributed by atoms with Gasteiger partial charge in [0, 0.05) is 12.1 Å². The number of rotatable bonds is 8. The first-order valence-corrected chi connectivity index (χ1v) is 9.24. The number of hydrogen-bond donors (Lipinski definition) is 1. The molecular weight excluding hydrogens is 310 g/mol. The largest absolute Gasteiger partial charge is 0.370 e. The van der Waals surface area contributed by atoms with Crippen LogP contribution in [0, 0.1) is 0 Å². The predicted molar refractivity (Wildman–Crippen MR) is 100 cm³/mol. The monoisotopic (exact) mass is 337 g/mol. The normalized spacial score (nSPS) is 17.7. The van der Waals surface area contributed by atoms with Crippen molar-refractivity contribution >= 4 is 5.91 Å². The second-order valence-electron chi connectivity index (χ2n) is 6.80. The quantitative estimate of drug-likeness (QED) is 0.804. The van der Waals surface area contributed by atoms with Gasteiger partial charge in [-0.25, -0.2) is 0 Å². The fourth-order valence-electron chi connectivity index (χ4n) is 3.63. The molecule has 1 aliphatic heterocycles. The predicted octanol–water partition coefficient (Wildman–Crippen LogP) is 3.27. The van der Waals surface area contributed by atoms with Crippen LogP contribution in [-0.4, -0.2) is 28.9 Å². The summed E-state index contributed by atoms with van der Waals surface area (Å²) in [6.45, 7) is 2.25. The third kappa shape index (κ3) is 5.13. The van der Waals surface area contributed by atoms with Crippen molar-refractivity contribution in [3.8, 4) is 0 Å². The molecule has 1 amide bonds. The molecule has 25 heavy (non-hydrogen) atoms. The van der Waals surface area contributed by atoms with E-state index in [2.05, 4.69) is 47.4 Å². The van der Waals surface area contributed by atoms with Gasteiger partial charge in [-0.15, -0.1) is 0 Å². The average Bonchev–Trinajstić information content (AvgIpc) is 3.10. The lowest BCUT2D eigenvalue weighted by Gasteiger charge is -2.24. The molecule has 3 rings (SSSR count). The van der Waals surface area contributed by atoms with E-state index in [4.69, 9.17) is 10.7 Å². The highest BCUT2D eigenvalue weighted by Gasteiger charge is 2.26. The highest BCUT2D eigenvalue weighted by molar-refractivity contribution is 5.73. The Morgan fingerprint density at radius 3 is 2.76 bits per heavy atom. The molecule has 0 spiro atoms. The van der Waals surface area contributed by atoms with Gasteiger partial charge in [0.15, 0.2) is 0 Å². The number of pyridine rings is 1. The number of amides is 1. The van der Waals surface area contributed by atoms with E-state index in [0.29, 0.717) is 18.9 Å². The lowest BCUT2D eigenvalue weighted by molar-refractivity contribution is -0.118. The summed E-state index contributed by atoms with van der Waals surface area (Å²) in [5, 5.41) is 0. The molecule has 1 saturated heterocycles. The standard InChI is InChI=1S/C21H27N3O/c22-21(25)14-13-18-10-4-11-19(23-18)20-12-6-16-24(20)15-5-9-17-7-2-1-3-8-17/h1-4,7-8,10-11,20H,5-6,9,12-16H2,(H2,22,25)/t20-/m1/s1. The van der Waals surface area contributed by atoms with Crippen molar-refractivity contribution in [3.05, 3.63) is 65.5 Å². The topological polar surface area (TPSA) is 59.2 Å². The lowest BCUT2D eigenvalue weighted by atomic mass is 10.1. The van der Waals surface area contributed by atoms with Crippen molar-refractivity contribution in [3.63, 3.8) is 0 Å². The van der Waals surface area contributed by atoms with E-state index in [-0.39, 0.29) is 5.91 Å². The maximum absolute atomic E-state index is 11.0. The van der Waals surface area contributed by atoms with Gasteiger partial charge in [0.1, 0.15) is 0 Å². The second kappa shape index (κ2) is 8.77. The van der Waals surface area contributed by atoms with Crippen LogP contribution in [0.3, 0.4) is 0 Å².